The summed E-state index contributed by atoms with van der Waals surface area (Å²) in [5, 5.41) is 27.6. The summed E-state index contributed by atoms with van der Waals surface area (Å²) in [4.78, 5) is 14.8. The summed E-state index contributed by atoms with van der Waals surface area (Å²) in [6.07, 6.45) is 3.40. The molecule has 0 unspecified atom stereocenters. The first-order chi connectivity index (χ1) is 16.1. The van der Waals surface area contributed by atoms with E-state index in [9.17, 15) is 4.79 Å². The SMILES string of the molecule is Cl.Cn1nccc1-c1nnc(N2CCC(NC(=O)c3ccc(C#N)cc3)CC2)c2ccccc12. The van der Waals surface area contributed by atoms with Gasteiger partial charge in [0.25, 0.3) is 5.91 Å². The van der Waals surface area contributed by atoms with Crippen LogP contribution in [0.15, 0.2) is 60.8 Å². The van der Waals surface area contributed by atoms with E-state index in [1.807, 2.05) is 25.2 Å². The number of hydrogen-bond acceptors (Lipinski definition) is 6. The van der Waals surface area contributed by atoms with Crippen molar-refractivity contribution in [3.63, 3.8) is 0 Å². The fourth-order valence-electron chi connectivity index (χ4n) is 4.32. The molecular formula is C25H24ClN7O. The quantitative estimate of drug-likeness (QED) is 0.485. The Morgan fingerprint density at radius 3 is 2.38 bits per heavy atom. The zero-order valence-corrected chi connectivity index (χ0v) is 19.5. The highest BCUT2D eigenvalue weighted by molar-refractivity contribution is 6.00. The first-order valence-electron chi connectivity index (χ1n) is 10.9. The molecular weight excluding hydrogens is 450 g/mol. The number of hydrogen-bond donors (Lipinski definition) is 1. The predicted molar refractivity (Wildman–Crippen MR) is 133 cm³/mol. The normalized spacial score (nSPS) is 13.8. The summed E-state index contributed by atoms with van der Waals surface area (Å²) in [7, 11) is 1.90. The molecule has 1 N–H and O–H groups in total. The lowest BCUT2D eigenvalue weighted by Crippen LogP contribution is -2.45. The highest BCUT2D eigenvalue weighted by Crippen LogP contribution is 2.32. The maximum atomic E-state index is 12.6. The van der Waals surface area contributed by atoms with Gasteiger partial charge in [-0.2, -0.15) is 10.4 Å². The Balaban J connectivity index is 0.00000274. The Bertz CT molecular complexity index is 1350. The molecule has 0 atom stereocenters. The van der Waals surface area contributed by atoms with E-state index in [1.165, 1.54) is 0 Å². The van der Waals surface area contributed by atoms with Gasteiger partial charge in [0.05, 0.1) is 17.3 Å². The third-order valence-corrected chi connectivity index (χ3v) is 6.14. The van der Waals surface area contributed by atoms with Gasteiger partial charge in [-0.1, -0.05) is 24.3 Å². The molecule has 5 rings (SSSR count). The predicted octanol–water partition coefficient (Wildman–Crippen LogP) is 3.72. The van der Waals surface area contributed by atoms with E-state index < -0.39 is 0 Å². The lowest BCUT2D eigenvalue weighted by atomic mass is 10.0. The first kappa shape index (κ1) is 23.2. The van der Waals surface area contributed by atoms with Crippen molar-refractivity contribution in [1.29, 1.82) is 5.26 Å². The summed E-state index contributed by atoms with van der Waals surface area (Å²) in [5.74, 6) is 0.761. The molecule has 0 saturated carbocycles. The van der Waals surface area contributed by atoms with Crippen LogP contribution in [0, 0.1) is 11.3 Å². The molecule has 4 aromatic rings. The largest absolute Gasteiger partial charge is 0.354 e. The molecule has 1 aliphatic heterocycles. The Labute approximate surface area is 203 Å². The number of nitrogens with zero attached hydrogens (tertiary/aromatic N) is 6. The first-order valence-corrected chi connectivity index (χ1v) is 10.9. The van der Waals surface area contributed by atoms with Crippen molar-refractivity contribution < 1.29 is 4.79 Å². The van der Waals surface area contributed by atoms with Crippen LogP contribution in [-0.2, 0) is 7.05 Å². The number of nitriles is 1. The summed E-state index contributed by atoms with van der Waals surface area (Å²) in [6, 6.07) is 19.0. The highest BCUT2D eigenvalue weighted by atomic mass is 35.5. The number of piperidine rings is 1. The lowest BCUT2D eigenvalue weighted by molar-refractivity contribution is 0.0931. The third-order valence-electron chi connectivity index (χ3n) is 6.14. The van der Waals surface area contributed by atoms with Crippen LogP contribution in [0.2, 0.25) is 0 Å². The van der Waals surface area contributed by atoms with Crippen molar-refractivity contribution in [3.8, 4) is 17.5 Å². The van der Waals surface area contributed by atoms with Crippen LogP contribution in [0.3, 0.4) is 0 Å². The van der Waals surface area contributed by atoms with Crippen LogP contribution >= 0.6 is 12.4 Å². The molecule has 9 heteroatoms. The second kappa shape index (κ2) is 9.89. The van der Waals surface area contributed by atoms with E-state index in [4.69, 9.17) is 5.26 Å². The molecule has 172 valence electrons. The standard InChI is InChI=1S/C25H23N7O.ClH/c1-31-22(10-13-27-31)23-20-4-2-3-5-21(20)24(30-29-23)32-14-11-19(12-15-32)28-25(33)18-8-6-17(16-26)7-9-18;/h2-10,13,19H,11-12,14-15H2,1H3,(H,28,33);1H. The molecule has 0 bridgehead atoms. The van der Waals surface area contributed by atoms with Crippen molar-refractivity contribution in [2.45, 2.75) is 18.9 Å². The van der Waals surface area contributed by atoms with E-state index in [2.05, 4.69) is 43.7 Å². The summed E-state index contributed by atoms with van der Waals surface area (Å²) in [6.45, 7) is 1.56. The molecule has 1 saturated heterocycles. The van der Waals surface area contributed by atoms with E-state index in [1.54, 1.807) is 35.1 Å². The van der Waals surface area contributed by atoms with Crippen molar-refractivity contribution in [3.05, 3.63) is 71.9 Å². The van der Waals surface area contributed by atoms with E-state index in [0.29, 0.717) is 11.1 Å². The smallest absolute Gasteiger partial charge is 0.251 e. The fourth-order valence-corrected chi connectivity index (χ4v) is 4.32. The van der Waals surface area contributed by atoms with Gasteiger partial charge in [-0.15, -0.1) is 22.6 Å². The van der Waals surface area contributed by atoms with Crippen molar-refractivity contribution >= 4 is 34.9 Å². The molecule has 34 heavy (non-hydrogen) atoms. The van der Waals surface area contributed by atoms with E-state index in [0.717, 1.165) is 53.9 Å². The Hall–Kier alpha value is -3.96. The van der Waals surface area contributed by atoms with E-state index >= 15 is 0 Å². The number of carbonyl (C=O) groups excluding carboxylic acids is 1. The molecule has 1 fully saturated rings. The van der Waals surface area contributed by atoms with Gasteiger partial charge >= 0.3 is 0 Å². The summed E-state index contributed by atoms with van der Waals surface area (Å²) < 4.78 is 1.80. The zero-order valence-electron chi connectivity index (χ0n) is 18.7. The Morgan fingerprint density at radius 2 is 1.74 bits per heavy atom. The third kappa shape index (κ3) is 4.43. The van der Waals surface area contributed by atoms with Gasteiger partial charge in [0.15, 0.2) is 5.82 Å². The van der Waals surface area contributed by atoms with Crippen LogP contribution in [0.5, 0.6) is 0 Å². The highest BCUT2D eigenvalue weighted by Gasteiger charge is 2.24. The van der Waals surface area contributed by atoms with Gasteiger partial charge in [-0.3, -0.25) is 9.48 Å². The van der Waals surface area contributed by atoms with Gasteiger partial charge in [-0.25, -0.2) is 0 Å². The summed E-state index contributed by atoms with van der Waals surface area (Å²) >= 11 is 0. The van der Waals surface area contributed by atoms with Crippen LogP contribution in [-0.4, -0.2) is 45.0 Å². The van der Waals surface area contributed by atoms with Gasteiger partial charge in [0.2, 0.25) is 0 Å². The molecule has 8 nitrogen and oxygen atoms in total. The number of anilines is 1. The molecule has 0 radical (unpaired) electrons. The number of benzene rings is 2. The zero-order chi connectivity index (χ0) is 22.8. The van der Waals surface area contributed by atoms with Crippen molar-refractivity contribution in [1.82, 2.24) is 25.3 Å². The fraction of sp³-hybridized carbons (Fsp3) is 0.240. The van der Waals surface area contributed by atoms with Gasteiger partial charge in [0.1, 0.15) is 5.69 Å². The maximum Gasteiger partial charge on any atom is 0.251 e. The number of halogens is 1. The Kier molecular flexibility index (Phi) is 6.75. The average molecular weight is 474 g/mol. The number of rotatable bonds is 4. The molecule has 0 spiro atoms. The van der Waals surface area contributed by atoms with Crippen LogP contribution in [0.4, 0.5) is 5.82 Å². The molecule has 1 amide bonds. The minimum atomic E-state index is -0.108. The van der Waals surface area contributed by atoms with Gasteiger partial charge < -0.3 is 10.2 Å². The van der Waals surface area contributed by atoms with Crippen molar-refractivity contribution in [2.75, 3.05) is 18.0 Å². The molecule has 0 aliphatic carbocycles. The number of amides is 1. The molecule has 2 aromatic heterocycles. The molecule has 3 heterocycles. The minimum absolute atomic E-state index is 0. The van der Waals surface area contributed by atoms with Crippen LogP contribution in [0.25, 0.3) is 22.2 Å². The van der Waals surface area contributed by atoms with Crippen LogP contribution < -0.4 is 10.2 Å². The van der Waals surface area contributed by atoms with Gasteiger partial charge in [0, 0.05) is 48.7 Å². The number of aryl methyl sites for hydroxylation is 1. The maximum absolute atomic E-state index is 12.6. The second-order valence-corrected chi connectivity index (χ2v) is 8.18. The van der Waals surface area contributed by atoms with Gasteiger partial charge in [-0.05, 0) is 43.2 Å². The van der Waals surface area contributed by atoms with Crippen molar-refractivity contribution in [2.24, 2.45) is 7.05 Å². The van der Waals surface area contributed by atoms with Crippen LogP contribution in [0.1, 0.15) is 28.8 Å². The number of fused-ring (bicyclic) bond motifs is 1. The topological polar surface area (TPSA) is 99.7 Å². The summed E-state index contributed by atoms with van der Waals surface area (Å²) in [5.41, 5.74) is 2.86. The molecule has 2 aromatic carbocycles. The van der Waals surface area contributed by atoms with E-state index in [-0.39, 0.29) is 24.4 Å². The lowest BCUT2D eigenvalue weighted by Gasteiger charge is -2.33. The minimum Gasteiger partial charge on any atom is -0.354 e. The second-order valence-electron chi connectivity index (χ2n) is 8.18. The average Bonchev–Trinajstić information content (AvgIpc) is 3.29. The number of aromatic nitrogens is 4. The number of carbonyl (C=O) groups is 1. The monoisotopic (exact) mass is 473 g/mol. The molecule has 1 aliphatic rings. The Morgan fingerprint density at radius 1 is 1.03 bits per heavy atom. The number of nitrogens with one attached hydrogen (secondary N) is 1.